The minimum absolute atomic E-state index is 0.0832. The van der Waals surface area contributed by atoms with Gasteiger partial charge in [0.2, 0.25) is 11.8 Å². The summed E-state index contributed by atoms with van der Waals surface area (Å²) in [6.07, 6.45) is 0.355. The van der Waals surface area contributed by atoms with Crippen molar-refractivity contribution in [3.8, 4) is 5.75 Å². The molecule has 3 aromatic carbocycles. The first-order chi connectivity index (χ1) is 20.4. The van der Waals surface area contributed by atoms with Crippen LogP contribution in [0.4, 0.5) is 5.69 Å². The molecule has 3 rings (SSSR count). The van der Waals surface area contributed by atoms with E-state index in [1.54, 1.807) is 49.6 Å². The van der Waals surface area contributed by atoms with E-state index in [1.807, 2.05) is 58.0 Å². The normalized spacial score (nSPS) is 12.2. The summed E-state index contributed by atoms with van der Waals surface area (Å²) in [6, 6.07) is 20.3. The second kappa shape index (κ2) is 15.0. The van der Waals surface area contributed by atoms with Crippen LogP contribution in [0.2, 0.25) is 0 Å². The highest BCUT2D eigenvalue weighted by atomic mass is 32.2. The van der Waals surface area contributed by atoms with Crippen molar-refractivity contribution in [2.24, 2.45) is 5.92 Å². The summed E-state index contributed by atoms with van der Waals surface area (Å²) in [5.41, 5.74) is 3.11. The van der Waals surface area contributed by atoms with Gasteiger partial charge in [-0.15, -0.1) is 0 Å². The van der Waals surface area contributed by atoms with Crippen molar-refractivity contribution in [2.45, 2.75) is 71.4 Å². The molecule has 1 atom stereocenters. The summed E-state index contributed by atoms with van der Waals surface area (Å²) >= 11 is 0. The van der Waals surface area contributed by atoms with Crippen LogP contribution in [0.1, 0.15) is 63.6 Å². The van der Waals surface area contributed by atoms with E-state index in [2.05, 4.69) is 19.2 Å². The average molecular weight is 608 g/mol. The van der Waals surface area contributed by atoms with Crippen LogP contribution < -0.4 is 14.4 Å². The van der Waals surface area contributed by atoms with E-state index in [-0.39, 0.29) is 29.2 Å². The van der Waals surface area contributed by atoms with Crippen molar-refractivity contribution in [2.75, 3.05) is 24.5 Å². The lowest BCUT2D eigenvalue weighted by molar-refractivity contribution is -0.140. The molecule has 43 heavy (non-hydrogen) atoms. The highest BCUT2D eigenvalue weighted by molar-refractivity contribution is 7.92. The molecule has 1 N–H and O–H groups in total. The molecule has 232 valence electrons. The Hall–Kier alpha value is -3.85. The molecule has 0 saturated carbocycles. The smallest absolute Gasteiger partial charge is 0.264 e. The van der Waals surface area contributed by atoms with Gasteiger partial charge in [0.1, 0.15) is 18.3 Å². The van der Waals surface area contributed by atoms with Gasteiger partial charge < -0.3 is 15.0 Å². The second-order valence-corrected chi connectivity index (χ2v) is 13.4. The number of rotatable bonds is 14. The number of carbonyl (C=O) groups is 2. The van der Waals surface area contributed by atoms with Crippen molar-refractivity contribution in [1.29, 1.82) is 0 Å². The quantitative estimate of drug-likeness (QED) is 0.246. The van der Waals surface area contributed by atoms with Crippen LogP contribution in [0, 0.1) is 12.8 Å². The lowest BCUT2D eigenvalue weighted by atomic mass is 10.0. The molecule has 0 spiro atoms. The largest absolute Gasteiger partial charge is 0.497 e. The molecule has 9 heteroatoms. The lowest BCUT2D eigenvalue weighted by Gasteiger charge is -2.33. The van der Waals surface area contributed by atoms with E-state index < -0.39 is 28.5 Å². The first-order valence-corrected chi connectivity index (χ1v) is 16.2. The molecule has 0 heterocycles. The van der Waals surface area contributed by atoms with Crippen molar-refractivity contribution in [3.05, 3.63) is 89.5 Å². The van der Waals surface area contributed by atoms with E-state index in [0.29, 0.717) is 24.4 Å². The van der Waals surface area contributed by atoms with Crippen LogP contribution in [0.5, 0.6) is 5.75 Å². The van der Waals surface area contributed by atoms with Gasteiger partial charge in [0, 0.05) is 13.1 Å². The summed E-state index contributed by atoms with van der Waals surface area (Å²) in [4.78, 5) is 29.2. The van der Waals surface area contributed by atoms with E-state index in [4.69, 9.17) is 4.74 Å². The third kappa shape index (κ3) is 8.83. The minimum atomic E-state index is -4.12. The second-order valence-electron chi connectivity index (χ2n) is 11.5. The highest BCUT2D eigenvalue weighted by Crippen LogP contribution is 2.27. The van der Waals surface area contributed by atoms with E-state index >= 15 is 0 Å². The summed E-state index contributed by atoms with van der Waals surface area (Å²) in [6.45, 7) is 11.9. The summed E-state index contributed by atoms with van der Waals surface area (Å²) in [5.74, 6) is 0.342. The number of nitrogens with zero attached hydrogens (tertiary/aromatic N) is 2. The van der Waals surface area contributed by atoms with Gasteiger partial charge in [-0.1, -0.05) is 76.6 Å². The van der Waals surface area contributed by atoms with Gasteiger partial charge >= 0.3 is 0 Å². The first-order valence-electron chi connectivity index (χ1n) is 14.8. The molecule has 0 unspecified atom stereocenters. The fourth-order valence-electron chi connectivity index (χ4n) is 4.70. The Morgan fingerprint density at radius 1 is 0.930 bits per heavy atom. The molecule has 8 nitrogen and oxygen atoms in total. The summed E-state index contributed by atoms with van der Waals surface area (Å²) in [5, 5.41) is 2.95. The Labute approximate surface area is 257 Å². The van der Waals surface area contributed by atoms with Gasteiger partial charge in [-0.3, -0.25) is 13.9 Å². The molecule has 2 amide bonds. The topological polar surface area (TPSA) is 96.0 Å². The van der Waals surface area contributed by atoms with E-state index in [9.17, 15) is 18.0 Å². The van der Waals surface area contributed by atoms with Crippen LogP contribution in [-0.4, -0.2) is 51.4 Å². The standard InChI is InChI=1S/C34H45N3O5S/c1-8-32(34(39)35-21-24(2)3)36(22-27-10-9-11-30(20-27)42-7)33(38)23-37(29-16-14-28(15-17-29)25(4)5)43(40,41)31-18-12-26(6)13-19-31/h9-20,24-25,32H,8,21-23H2,1-7H3,(H,35,39)/t32-/m0/s1. The number of nitrogens with one attached hydrogen (secondary N) is 1. The Morgan fingerprint density at radius 3 is 2.14 bits per heavy atom. The van der Waals surface area contributed by atoms with Crippen LogP contribution in [-0.2, 0) is 26.2 Å². The van der Waals surface area contributed by atoms with Gasteiger partial charge in [-0.05, 0) is 72.7 Å². The SMILES string of the molecule is CC[C@@H](C(=O)NCC(C)C)N(Cc1cccc(OC)c1)C(=O)CN(c1ccc(C(C)C)cc1)S(=O)(=O)c1ccc(C)cc1. The van der Waals surface area contributed by atoms with Crippen LogP contribution in [0.3, 0.4) is 0 Å². The first kappa shape index (κ1) is 33.6. The number of methoxy groups -OCH3 is 1. The predicted molar refractivity (Wildman–Crippen MR) is 172 cm³/mol. The van der Waals surface area contributed by atoms with Crippen LogP contribution in [0.25, 0.3) is 0 Å². The summed E-state index contributed by atoms with van der Waals surface area (Å²) in [7, 11) is -2.56. The number of hydrogen-bond acceptors (Lipinski definition) is 5. The van der Waals surface area contributed by atoms with Crippen molar-refractivity contribution in [1.82, 2.24) is 10.2 Å². The van der Waals surface area contributed by atoms with Crippen LogP contribution >= 0.6 is 0 Å². The third-order valence-electron chi connectivity index (χ3n) is 7.29. The van der Waals surface area contributed by atoms with E-state index in [0.717, 1.165) is 21.0 Å². The molecular weight excluding hydrogens is 562 g/mol. The number of aryl methyl sites for hydroxylation is 1. The van der Waals surface area contributed by atoms with Gasteiger partial charge in [-0.2, -0.15) is 0 Å². The Morgan fingerprint density at radius 2 is 1.58 bits per heavy atom. The van der Waals surface area contributed by atoms with Crippen molar-refractivity contribution < 1.29 is 22.7 Å². The molecule has 0 aliphatic heterocycles. The van der Waals surface area contributed by atoms with Gasteiger partial charge in [0.15, 0.2) is 0 Å². The zero-order valence-electron chi connectivity index (χ0n) is 26.3. The summed E-state index contributed by atoms with van der Waals surface area (Å²) < 4.78 is 34.7. The van der Waals surface area contributed by atoms with Gasteiger partial charge in [0.05, 0.1) is 17.7 Å². The maximum Gasteiger partial charge on any atom is 0.264 e. The molecule has 0 radical (unpaired) electrons. The number of anilines is 1. The third-order valence-corrected chi connectivity index (χ3v) is 9.08. The molecule has 0 bridgehead atoms. The highest BCUT2D eigenvalue weighted by Gasteiger charge is 2.33. The van der Waals surface area contributed by atoms with Gasteiger partial charge in [-0.25, -0.2) is 8.42 Å². The molecule has 0 aromatic heterocycles. The fraction of sp³-hybridized carbons (Fsp3) is 0.412. The van der Waals surface area contributed by atoms with Gasteiger partial charge in [0.25, 0.3) is 10.0 Å². The zero-order valence-corrected chi connectivity index (χ0v) is 27.1. The van der Waals surface area contributed by atoms with Crippen molar-refractivity contribution >= 4 is 27.5 Å². The maximum atomic E-state index is 14.2. The Balaban J connectivity index is 2.07. The van der Waals surface area contributed by atoms with Crippen LogP contribution in [0.15, 0.2) is 77.7 Å². The molecule has 0 aliphatic rings. The monoisotopic (exact) mass is 607 g/mol. The molecule has 3 aromatic rings. The zero-order chi connectivity index (χ0) is 31.7. The molecular formula is C34H45N3O5S. The lowest BCUT2D eigenvalue weighted by Crippen LogP contribution is -2.52. The number of sulfonamides is 1. The predicted octanol–water partition coefficient (Wildman–Crippen LogP) is 5.90. The molecule has 0 fully saturated rings. The van der Waals surface area contributed by atoms with Crippen molar-refractivity contribution in [3.63, 3.8) is 0 Å². The Bertz CT molecular complexity index is 1470. The number of ether oxygens (including phenoxy) is 1. The maximum absolute atomic E-state index is 14.2. The Kier molecular flexibility index (Phi) is 11.8. The number of carbonyl (C=O) groups excluding carboxylic acids is 2. The molecule has 0 saturated heterocycles. The van der Waals surface area contributed by atoms with E-state index in [1.165, 1.54) is 4.90 Å². The minimum Gasteiger partial charge on any atom is -0.497 e. The fourth-order valence-corrected chi connectivity index (χ4v) is 6.12. The number of hydrogen-bond donors (Lipinski definition) is 1. The number of amides is 2. The average Bonchev–Trinajstić information content (AvgIpc) is 2.98. The molecule has 0 aliphatic carbocycles. The number of benzene rings is 3.